The molecule has 0 bridgehead atoms. The minimum absolute atomic E-state index is 0.0203. The maximum atomic E-state index is 13.5. The second-order valence-electron chi connectivity index (χ2n) is 3.82. The Kier molecular flexibility index (Phi) is 5.01. The van der Waals surface area contributed by atoms with Crippen LogP contribution in [0.2, 0.25) is 0 Å². The molecular weight excluding hydrogens is 226 g/mol. The van der Waals surface area contributed by atoms with Crippen LogP contribution in [-0.4, -0.2) is 17.8 Å². The Morgan fingerprint density at radius 1 is 1.41 bits per heavy atom. The molecule has 3 nitrogen and oxygen atoms in total. The van der Waals surface area contributed by atoms with E-state index in [2.05, 4.69) is 5.32 Å². The van der Waals surface area contributed by atoms with Crippen LogP contribution in [0.15, 0.2) is 12.1 Å². The van der Waals surface area contributed by atoms with Gasteiger partial charge in [0.2, 0.25) is 0 Å². The normalized spacial score (nSPS) is 12.2. The van der Waals surface area contributed by atoms with E-state index >= 15 is 0 Å². The number of aliphatic hydroxyl groups is 1. The van der Waals surface area contributed by atoms with E-state index in [0.717, 1.165) is 12.1 Å². The van der Waals surface area contributed by atoms with Crippen molar-refractivity contribution in [1.29, 1.82) is 5.26 Å². The van der Waals surface area contributed by atoms with Gasteiger partial charge < -0.3 is 10.4 Å². The smallest absolute Gasteiger partial charge is 0.131 e. The standard InChI is InChI=1S/C12H14F2N2O/c1-8(2-3-17)16-7-10-11(13)4-9(6-15)5-12(10)14/h4-5,8,16-17H,2-3,7H2,1H3. The minimum Gasteiger partial charge on any atom is -0.396 e. The zero-order valence-electron chi connectivity index (χ0n) is 9.50. The van der Waals surface area contributed by atoms with Gasteiger partial charge in [-0.05, 0) is 25.5 Å². The van der Waals surface area contributed by atoms with E-state index < -0.39 is 11.6 Å². The van der Waals surface area contributed by atoms with Gasteiger partial charge in [-0.15, -0.1) is 0 Å². The van der Waals surface area contributed by atoms with Gasteiger partial charge in [-0.3, -0.25) is 0 Å². The number of benzene rings is 1. The first-order chi connectivity index (χ1) is 8.08. The van der Waals surface area contributed by atoms with Gasteiger partial charge in [-0.25, -0.2) is 8.78 Å². The molecule has 1 atom stereocenters. The molecule has 5 heteroatoms. The van der Waals surface area contributed by atoms with Gasteiger partial charge in [0.05, 0.1) is 11.6 Å². The lowest BCUT2D eigenvalue weighted by Crippen LogP contribution is -2.27. The summed E-state index contributed by atoms with van der Waals surface area (Å²) in [7, 11) is 0. The van der Waals surface area contributed by atoms with E-state index in [1.807, 2.05) is 6.92 Å². The average Bonchev–Trinajstić information content (AvgIpc) is 2.28. The van der Waals surface area contributed by atoms with Crippen LogP contribution in [0.5, 0.6) is 0 Å². The fraction of sp³-hybridized carbons (Fsp3) is 0.417. The summed E-state index contributed by atoms with van der Waals surface area (Å²) in [5.74, 6) is -1.46. The molecule has 0 heterocycles. The van der Waals surface area contributed by atoms with E-state index in [0.29, 0.717) is 6.42 Å². The summed E-state index contributed by atoms with van der Waals surface area (Å²) >= 11 is 0. The third-order valence-corrected chi connectivity index (χ3v) is 2.46. The Morgan fingerprint density at radius 2 is 2.00 bits per heavy atom. The van der Waals surface area contributed by atoms with Gasteiger partial charge in [0.25, 0.3) is 0 Å². The molecule has 2 N–H and O–H groups in total. The van der Waals surface area contributed by atoms with E-state index in [9.17, 15) is 8.78 Å². The van der Waals surface area contributed by atoms with Crippen LogP contribution in [0.25, 0.3) is 0 Å². The van der Waals surface area contributed by atoms with E-state index in [1.165, 1.54) is 0 Å². The van der Waals surface area contributed by atoms with Crippen molar-refractivity contribution in [2.75, 3.05) is 6.61 Å². The minimum atomic E-state index is -0.731. The van der Waals surface area contributed by atoms with Gasteiger partial charge in [-0.1, -0.05) is 0 Å². The second-order valence-corrected chi connectivity index (χ2v) is 3.82. The summed E-state index contributed by atoms with van der Waals surface area (Å²) in [6.07, 6.45) is 0.513. The first kappa shape index (κ1) is 13.6. The van der Waals surface area contributed by atoms with Crippen molar-refractivity contribution < 1.29 is 13.9 Å². The maximum absolute atomic E-state index is 13.5. The van der Waals surface area contributed by atoms with Crippen molar-refractivity contribution in [2.45, 2.75) is 25.9 Å². The number of halogens is 2. The highest BCUT2D eigenvalue weighted by Crippen LogP contribution is 2.15. The fourth-order valence-corrected chi connectivity index (χ4v) is 1.41. The molecule has 0 spiro atoms. The number of aliphatic hydroxyl groups excluding tert-OH is 1. The summed E-state index contributed by atoms with van der Waals surface area (Å²) in [5.41, 5.74) is -0.124. The number of rotatable bonds is 5. The summed E-state index contributed by atoms with van der Waals surface area (Å²) in [6.45, 7) is 1.87. The molecular formula is C12H14F2N2O. The van der Waals surface area contributed by atoms with Gasteiger partial charge in [-0.2, -0.15) is 5.26 Å². The van der Waals surface area contributed by atoms with Crippen LogP contribution in [-0.2, 0) is 6.54 Å². The Hall–Kier alpha value is -1.51. The van der Waals surface area contributed by atoms with E-state index in [4.69, 9.17) is 10.4 Å². The summed E-state index contributed by atoms with van der Waals surface area (Å²) in [5, 5.41) is 20.1. The second kappa shape index (κ2) is 6.28. The maximum Gasteiger partial charge on any atom is 0.131 e. The number of nitriles is 1. The molecule has 0 aliphatic rings. The quantitative estimate of drug-likeness (QED) is 0.823. The Labute approximate surface area is 98.7 Å². The molecule has 0 fully saturated rings. The number of nitrogens with one attached hydrogen (secondary N) is 1. The van der Waals surface area contributed by atoms with Gasteiger partial charge in [0.1, 0.15) is 11.6 Å². The fourth-order valence-electron chi connectivity index (χ4n) is 1.41. The van der Waals surface area contributed by atoms with Crippen LogP contribution >= 0.6 is 0 Å². The van der Waals surface area contributed by atoms with Gasteiger partial charge >= 0.3 is 0 Å². The highest BCUT2D eigenvalue weighted by atomic mass is 19.1. The third kappa shape index (κ3) is 3.77. The van der Waals surface area contributed by atoms with Crippen molar-refractivity contribution >= 4 is 0 Å². The lowest BCUT2D eigenvalue weighted by molar-refractivity contribution is 0.268. The van der Waals surface area contributed by atoms with Crippen LogP contribution in [0.3, 0.4) is 0 Å². The lowest BCUT2D eigenvalue weighted by Gasteiger charge is -2.13. The molecule has 0 aromatic heterocycles. The largest absolute Gasteiger partial charge is 0.396 e. The molecule has 0 amide bonds. The van der Waals surface area contributed by atoms with Crippen LogP contribution in [0.1, 0.15) is 24.5 Å². The predicted octanol–water partition coefficient (Wildman–Crippen LogP) is 1.70. The monoisotopic (exact) mass is 240 g/mol. The van der Waals surface area contributed by atoms with Crippen molar-refractivity contribution in [3.63, 3.8) is 0 Å². The third-order valence-electron chi connectivity index (χ3n) is 2.46. The number of nitrogens with zero attached hydrogens (tertiary/aromatic N) is 1. The van der Waals surface area contributed by atoms with Crippen LogP contribution in [0.4, 0.5) is 8.78 Å². The summed E-state index contributed by atoms with van der Waals surface area (Å²) < 4.78 is 26.9. The molecule has 17 heavy (non-hydrogen) atoms. The Bertz CT molecular complexity index is 406. The summed E-state index contributed by atoms with van der Waals surface area (Å²) in [4.78, 5) is 0. The molecule has 0 saturated carbocycles. The molecule has 0 aliphatic heterocycles. The van der Waals surface area contributed by atoms with Crippen LogP contribution in [0, 0.1) is 23.0 Å². The SMILES string of the molecule is CC(CCO)NCc1c(F)cc(C#N)cc1F. The van der Waals surface area contributed by atoms with Gasteiger partial charge in [0.15, 0.2) is 0 Å². The van der Waals surface area contributed by atoms with Crippen LogP contribution < -0.4 is 5.32 Å². The van der Waals surface area contributed by atoms with E-state index in [-0.39, 0.29) is 30.3 Å². The molecule has 0 saturated heterocycles. The molecule has 1 unspecified atom stereocenters. The zero-order valence-corrected chi connectivity index (χ0v) is 9.50. The number of hydrogen-bond acceptors (Lipinski definition) is 3. The molecule has 0 radical (unpaired) electrons. The van der Waals surface area contributed by atoms with Crippen molar-refractivity contribution in [3.05, 3.63) is 34.9 Å². The summed E-state index contributed by atoms with van der Waals surface area (Å²) in [6, 6.07) is 3.68. The highest BCUT2D eigenvalue weighted by Gasteiger charge is 2.12. The molecule has 92 valence electrons. The average molecular weight is 240 g/mol. The topological polar surface area (TPSA) is 56.0 Å². The number of hydrogen-bond donors (Lipinski definition) is 2. The first-order valence-corrected chi connectivity index (χ1v) is 5.30. The Morgan fingerprint density at radius 3 is 2.47 bits per heavy atom. The molecule has 0 aliphatic carbocycles. The Balaban J connectivity index is 2.75. The zero-order chi connectivity index (χ0) is 12.8. The lowest BCUT2D eigenvalue weighted by atomic mass is 10.1. The first-order valence-electron chi connectivity index (χ1n) is 5.30. The molecule has 1 rings (SSSR count). The molecule has 1 aromatic rings. The van der Waals surface area contributed by atoms with Crippen molar-refractivity contribution in [2.24, 2.45) is 0 Å². The van der Waals surface area contributed by atoms with Crippen molar-refractivity contribution in [1.82, 2.24) is 5.32 Å². The van der Waals surface area contributed by atoms with Gasteiger partial charge in [0, 0.05) is 24.8 Å². The highest BCUT2D eigenvalue weighted by molar-refractivity contribution is 5.34. The molecule has 1 aromatic carbocycles. The van der Waals surface area contributed by atoms with Crippen molar-refractivity contribution in [3.8, 4) is 6.07 Å². The predicted molar refractivity (Wildman–Crippen MR) is 59.1 cm³/mol. The van der Waals surface area contributed by atoms with E-state index in [1.54, 1.807) is 6.07 Å².